The average molecular weight is 361 g/mol. The fourth-order valence-corrected chi connectivity index (χ4v) is 2.95. The average Bonchev–Trinajstić information content (AvgIpc) is 2.25. The first kappa shape index (κ1) is 16.0. The van der Waals surface area contributed by atoms with E-state index >= 15 is 0 Å². The number of halogens is 4. The van der Waals surface area contributed by atoms with E-state index in [1.807, 2.05) is 0 Å². The van der Waals surface area contributed by atoms with Crippen molar-refractivity contribution >= 4 is 31.7 Å². The van der Waals surface area contributed by atoms with Crippen LogP contribution in [0.25, 0.3) is 0 Å². The molecule has 0 bridgehead atoms. The number of sulfone groups is 1. The number of aromatic carboxylic acids is 1. The van der Waals surface area contributed by atoms with Gasteiger partial charge in [0.2, 0.25) is 0 Å². The Bertz CT molecular complexity index is 595. The molecule has 0 aliphatic heterocycles. The summed E-state index contributed by atoms with van der Waals surface area (Å²) in [4.78, 5) is 10.4. The van der Waals surface area contributed by atoms with Crippen LogP contribution in [0.2, 0.25) is 0 Å². The Labute approximate surface area is 115 Å². The highest BCUT2D eigenvalue weighted by atomic mass is 79.9. The molecule has 0 unspecified atom stereocenters. The Morgan fingerprint density at radius 1 is 1.32 bits per heavy atom. The standard InChI is InChI=1S/C10H8BrF3O4S/c11-8-2-1-6(5-7(8)9(15)16)19(17,18)4-3-10(12,13)14/h1-2,5H,3-4H2,(H,15,16). The number of hydrogen-bond donors (Lipinski definition) is 1. The van der Waals surface area contributed by atoms with E-state index in [2.05, 4.69) is 15.9 Å². The Balaban J connectivity index is 3.09. The van der Waals surface area contributed by atoms with E-state index in [4.69, 9.17) is 5.11 Å². The predicted octanol–water partition coefficient (Wildman–Crippen LogP) is 2.87. The van der Waals surface area contributed by atoms with Crippen LogP contribution in [0.4, 0.5) is 13.2 Å². The zero-order valence-corrected chi connectivity index (χ0v) is 11.6. The summed E-state index contributed by atoms with van der Waals surface area (Å²) < 4.78 is 59.5. The minimum Gasteiger partial charge on any atom is -0.478 e. The van der Waals surface area contributed by atoms with Gasteiger partial charge in [-0.3, -0.25) is 0 Å². The highest BCUT2D eigenvalue weighted by Crippen LogP contribution is 2.25. The first-order valence-corrected chi connectivity index (χ1v) is 7.30. The maximum Gasteiger partial charge on any atom is 0.390 e. The Hall–Kier alpha value is -1.09. The molecule has 0 amide bonds. The fraction of sp³-hybridized carbons (Fsp3) is 0.300. The van der Waals surface area contributed by atoms with E-state index in [1.165, 1.54) is 6.07 Å². The summed E-state index contributed by atoms with van der Waals surface area (Å²) in [6.45, 7) is 0. The molecule has 0 aromatic heterocycles. The topological polar surface area (TPSA) is 71.4 Å². The van der Waals surface area contributed by atoms with Crippen LogP contribution in [0.15, 0.2) is 27.6 Å². The Morgan fingerprint density at radius 2 is 1.89 bits per heavy atom. The molecule has 4 nitrogen and oxygen atoms in total. The minimum absolute atomic E-state index is 0.148. The number of carboxylic acid groups (broad SMARTS) is 1. The molecular formula is C10H8BrF3O4S. The van der Waals surface area contributed by atoms with Crippen molar-refractivity contribution in [3.05, 3.63) is 28.2 Å². The molecule has 1 N–H and O–H groups in total. The van der Waals surface area contributed by atoms with Crippen molar-refractivity contribution in [2.24, 2.45) is 0 Å². The van der Waals surface area contributed by atoms with Crippen LogP contribution in [-0.2, 0) is 9.84 Å². The third kappa shape index (κ3) is 4.50. The summed E-state index contributed by atoms with van der Waals surface area (Å²) in [5.41, 5.74) is -0.326. The highest BCUT2D eigenvalue weighted by molar-refractivity contribution is 9.10. The zero-order valence-electron chi connectivity index (χ0n) is 9.24. The van der Waals surface area contributed by atoms with Gasteiger partial charge in [-0.15, -0.1) is 0 Å². The number of rotatable bonds is 4. The van der Waals surface area contributed by atoms with E-state index < -0.39 is 39.1 Å². The van der Waals surface area contributed by atoms with E-state index in [9.17, 15) is 26.4 Å². The van der Waals surface area contributed by atoms with Gasteiger partial charge in [0.25, 0.3) is 0 Å². The zero-order chi connectivity index (χ0) is 14.8. The molecule has 0 heterocycles. The molecule has 0 saturated carbocycles. The maximum absolute atomic E-state index is 12.0. The van der Waals surface area contributed by atoms with Crippen molar-refractivity contribution in [2.75, 3.05) is 5.75 Å². The smallest absolute Gasteiger partial charge is 0.390 e. The van der Waals surface area contributed by atoms with Crippen LogP contribution >= 0.6 is 15.9 Å². The van der Waals surface area contributed by atoms with E-state index in [-0.39, 0.29) is 10.0 Å². The summed E-state index contributed by atoms with van der Waals surface area (Å²) in [5.74, 6) is -2.49. The molecule has 0 saturated heterocycles. The Morgan fingerprint density at radius 3 is 2.37 bits per heavy atom. The van der Waals surface area contributed by atoms with Gasteiger partial charge >= 0.3 is 12.1 Å². The van der Waals surface area contributed by atoms with Crippen molar-refractivity contribution in [3.8, 4) is 0 Å². The molecule has 0 atom stereocenters. The van der Waals surface area contributed by atoms with Crippen molar-refractivity contribution in [1.82, 2.24) is 0 Å². The van der Waals surface area contributed by atoms with Gasteiger partial charge in [0.1, 0.15) is 0 Å². The second-order valence-electron chi connectivity index (χ2n) is 3.63. The van der Waals surface area contributed by atoms with Gasteiger partial charge < -0.3 is 5.11 Å². The molecule has 9 heteroatoms. The molecule has 1 aromatic rings. The van der Waals surface area contributed by atoms with Gasteiger partial charge in [0.05, 0.1) is 22.6 Å². The summed E-state index contributed by atoms with van der Waals surface area (Å²) in [5, 5.41) is 8.81. The molecule has 0 spiro atoms. The van der Waals surface area contributed by atoms with E-state index in [0.29, 0.717) is 0 Å². The van der Waals surface area contributed by atoms with E-state index in [1.54, 1.807) is 0 Å². The van der Waals surface area contributed by atoms with Crippen LogP contribution < -0.4 is 0 Å². The summed E-state index contributed by atoms with van der Waals surface area (Å²) in [6.07, 6.45) is -6.06. The van der Waals surface area contributed by atoms with Gasteiger partial charge in [-0.2, -0.15) is 13.2 Å². The maximum atomic E-state index is 12.0. The molecule has 106 valence electrons. The second-order valence-corrected chi connectivity index (χ2v) is 6.59. The third-order valence-electron chi connectivity index (χ3n) is 2.18. The molecule has 0 aliphatic rings. The van der Waals surface area contributed by atoms with Crippen molar-refractivity contribution < 1.29 is 31.5 Å². The first-order valence-electron chi connectivity index (χ1n) is 4.85. The summed E-state index contributed by atoms with van der Waals surface area (Å²) >= 11 is 2.91. The Kier molecular flexibility index (Phi) is 4.62. The largest absolute Gasteiger partial charge is 0.478 e. The number of hydrogen-bond acceptors (Lipinski definition) is 3. The summed E-state index contributed by atoms with van der Waals surface area (Å²) in [7, 11) is -4.17. The van der Waals surface area contributed by atoms with Crippen LogP contribution in [0, 0.1) is 0 Å². The monoisotopic (exact) mass is 360 g/mol. The van der Waals surface area contributed by atoms with Crippen LogP contribution in [0.1, 0.15) is 16.8 Å². The lowest BCUT2D eigenvalue weighted by atomic mass is 10.2. The van der Waals surface area contributed by atoms with Crippen molar-refractivity contribution in [1.29, 1.82) is 0 Å². The van der Waals surface area contributed by atoms with Gasteiger partial charge in [0, 0.05) is 4.47 Å². The number of alkyl halides is 3. The first-order chi connectivity index (χ1) is 8.53. The van der Waals surface area contributed by atoms with Gasteiger partial charge in [-0.1, -0.05) is 0 Å². The molecule has 0 aliphatic carbocycles. The number of carboxylic acids is 1. The second kappa shape index (κ2) is 5.49. The van der Waals surface area contributed by atoms with Crippen LogP contribution in [-0.4, -0.2) is 31.4 Å². The van der Waals surface area contributed by atoms with Gasteiger partial charge in [-0.25, -0.2) is 13.2 Å². The fourth-order valence-electron chi connectivity index (χ4n) is 1.23. The minimum atomic E-state index is -4.59. The molecule has 19 heavy (non-hydrogen) atoms. The van der Waals surface area contributed by atoms with Crippen LogP contribution in [0.5, 0.6) is 0 Å². The SMILES string of the molecule is O=C(O)c1cc(S(=O)(=O)CCC(F)(F)F)ccc1Br. The number of carbonyl (C=O) groups is 1. The third-order valence-corrected chi connectivity index (χ3v) is 4.59. The van der Waals surface area contributed by atoms with Gasteiger partial charge in [-0.05, 0) is 34.1 Å². The lowest BCUT2D eigenvalue weighted by molar-refractivity contribution is -0.129. The van der Waals surface area contributed by atoms with Crippen LogP contribution in [0.3, 0.4) is 0 Å². The molecule has 0 radical (unpaired) electrons. The van der Waals surface area contributed by atoms with E-state index in [0.717, 1.165) is 12.1 Å². The van der Waals surface area contributed by atoms with Gasteiger partial charge in [0.15, 0.2) is 9.84 Å². The molecule has 1 rings (SSSR count). The lowest BCUT2D eigenvalue weighted by Gasteiger charge is -2.08. The number of benzene rings is 1. The lowest BCUT2D eigenvalue weighted by Crippen LogP contribution is -2.16. The molecular weight excluding hydrogens is 353 g/mol. The quantitative estimate of drug-likeness (QED) is 0.895. The normalized spacial score (nSPS) is 12.4. The highest BCUT2D eigenvalue weighted by Gasteiger charge is 2.30. The van der Waals surface area contributed by atoms with Crippen molar-refractivity contribution in [2.45, 2.75) is 17.5 Å². The molecule has 1 aromatic carbocycles. The molecule has 0 fully saturated rings. The summed E-state index contributed by atoms with van der Waals surface area (Å²) in [6, 6.07) is 3.06. The van der Waals surface area contributed by atoms with Crippen molar-refractivity contribution in [3.63, 3.8) is 0 Å². The predicted molar refractivity (Wildman–Crippen MR) is 63.8 cm³/mol.